The summed E-state index contributed by atoms with van der Waals surface area (Å²) in [6, 6.07) is 18.8. The van der Waals surface area contributed by atoms with Gasteiger partial charge in [-0.05, 0) is 42.7 Å². The molecule has 4 rings (SSSR count). The molecule has 2 aromatic carbocycles. The molecule has 3 aromatic rings. The predicted molar refractivity (Wildman–Crippen MR) is 112 cm³/mol. The summed E-state index contributed by atoms with van der Waals surface area (Å²) in [4.78, 5) is 19.7. The van der Waals surface area contributed by atoms with Crippen LogP contribution in [0.1, 0.15) is 30.1 Å². The first-order valence-corrected chi connectivity index (χ1v) is 10.9. The third kappa shape index (κ3) is 3.88. The van der Waals surface area contributed by atoms with E-state index >= 15 is 0 Å². The molecular weight excluding hydrogens is 354 g/mol. The fraction of sp³-hybridized carbons (Fsp3) is 0.364. The van der Waals surface area contributed by atoms with Crippen molar-refractivity contribution < 1.29 is 4.79 Å². The number of hydrogen-bond acceptors (Lipinski definition) is 3. The van der Waals surface area contributed by atoms with Crippen molar-refractivity contribution in [2.45, 2.75) is 31.1 Å². The number of amides is 1. The molecule has 27 heavy (non-hydrogen) atoms. The van der Waals surface area contributed by atoms with Crippen LogP contribution in [0.5, 0.6) is 0 Å². The molecule has 0 saturated carbocycles. The highest BCUT2D eigenvalue weighted by atomic mass is 32.2. The minimum absolute atomic E-state index is 0.201. The summed E-state index contributed by atoms with van der Waals surface area (Å²) in [6.07, 6.45) is 4.15. The number of benzene rings is 2. The number of aromatic nitrogens is 2. The van der Waals surface area contributed by atoms with Crippen LogP contribution in [0.25, 0.3) is 11.0 Å². The molecule has 1 aromatic heterocycles. The number of hydrogen-bond donors (Lipinski definition) is 0. The summed E-state index contributed by atoms with van der Waals surface area (Å²) in [5.41, 5.74) is 3.42. The third-order valence-corrected chi connectivity index (χ3v) is 5.97. The van der Waals surface area contributed by atoms with Crippen molar-refractivity contribution in [2.75, 3.05) is 19.3 Å². The maximum Gasteiger partial charge on any atom is 0.242 e. The van der Waals surface area contributed by atoms with Crippen LogP contribution in [-0.4, -0.2) is 39.7 Å². The molecule has 1 aliphatic rings. The van der Waals surface area contributed by atoms with Gasteiger partial charge in [0.25, 0.3) is 0 Å². The molecule has 1 saturated heterocycles. The maximum absolute atomic E-state index is 13.0. The fourth-order valence-corrected chi connectivity index (χ4v) is 4.44. The standard InChI is InChI=1S/C22H25N3OS/c1-27-16-21-23-19-9-5-6-10-20(19)25(21)15-22(26)24-13-11-18(12-14-24)17-7-3-2-4-8-17/h2-10,18H,11-16H2,1H3. The Balaban J connectivity index is 1.46. The number of fused-ring (bicyclic) bond motifs is 1. The van der Waals surface area contributed by atoms with Gasteiger partial charge in [0.15, 0.2) is 0 Å². The highest BCUT2D eigenvalue weighted by Crippen LogP contribution is 2.28. The van der Waals surface area contributed by atoms with Crippen LogP contribution in [0.2, 0.25) is 0 Å². The van der Waals surface area contributed by atoms with Crippen LogP contribution >= 0.6 is 11.8 Å². The van der Waals surface area contributed by atoms with E-state index in [4.69, 9.17) is 4.98 Å². The minimum atomic E-state index is 0.201. The number of para-hydroxylation sites is 2. The fourth-order valence-electron chi connectivity index (χ4n) is 3.96. The Kier molecular flexibility index (Phi) is 5.48. The zero-order valence-electron chi connectivity index (χ0n) is 15.7. The quantitative estimate of drug-likeness (QED) is 0.663. The second kappa shape index (κ2) is 8.17. The van der Waals surface area contributed by atoms with Crippen LogP contribution in [-0.2, 0) is 17.1 Å². The molecule has 1 aliphatic heterocycles. The second-order valence-corrected chi connectivity index (χ2v) is 7.97. The topological polar surface area (TPSA) is 38.1 Å². The molecular formula is C22H25N3OS. The van der Waals surface area contributed by atoms with Gasteiger partial charge in [0, 0.05) is 13.1 Å². The van der Waals surface area contributed by atoms with E-state index < -0.39 is 0 Å². The van der Waals surface area contributed by atoms with Crippen molar-refractivity contribution in [3.8, 4) is 0 Å². The largest absolute Gasteiger partial charge is 0.341 e. The SMILES string of the molecule is CSCc1nc2ccccc2n1CC(=O)N1CCC(c2ccccc2)CC1. The monoisotopic (exact) mass is 379 g/mol. The van der Waals surface area contributed by atoms with E-state index in [1.54, 1.807) is 11.8 Å². The van der Waals surface area contributed by atoms with Gasteiger partial charge < -0.3 is 9.47 Å². The van der Waals surface area contributed by atoms with Crippen LogP contribution in [0, 0.1) is 0 Å². The van der Waals surface area contributed by atoms with Crippen molar-refractivity contribution in [1.82, 2.24) is 14.5 Å². The lowest BCUT2D eigenvalue weighted by Gasteiger charge is -2.32. The van der Waals surface area contributed by atoms with Crippen molar-refractivity contribution in [2.24, 2.45) is 0 Å². The summed E-state index contributed by atoms with van der Waals surface area (Å²) in [5, 5.41) is 0. The predicted octanol–water partition coefficient (Wildman–Crippen LogP) is 4.31. The van der Waals surface area contributed by atoms with Crippen molar-refractivity contribution >= 4 is 28.7 Å². The summed E-state index contributed by atoms with van der Waals surface area (Å²) >= 11 is 1.74. The molecule has 0 atom stereocenters. The lowest BCUT2D eigenvalue weighted by Crippen LogP contribution is -2.39. The van der Waals surface area contributed by atoms with Gasteiger partial charge in [-0.2, -0.15) is 11.8 Å². The zero-order chi connectivity index (χ0) is 18.6. The molecule has 140 valence electrons. The van der Waals surface area contributed by atoms with Gasteiger partial charge in [-0.25, -0.2) is 4.98 Å². The molecule has 1 amide bonds. The van der Waals surface area contributed by atoms with E-state index in [1.807, 2.05) is 23.1 Å². The number of piperidine rings is 1. The summed E-state index contributed by atoms with van der Waals surface area (Å²) in [6.45, 7) is 2.05. The van der Waals surface area contributed by atoms with Gasteiger partial charge in [-0.15, -0.1) is 0 Å². The average Bonchev–Trinajstić information content (AvgIpc) is 3.06. The Morgan fingerprint density at radius 2 is 1.78 bits per heavy atom. The molecule has 0 aliphatic carbocycles. The number of thioether (sulfide) groups is 1. The highest BCUT2D eigenvalue weighted by Gasteiger charge is 2.24. The molecule has 2 heterocycles. The van der Waals surface area contributed by atoms with Gasteiger partial charge in [-0.3, -0.25) is 4.79 Å². The summed E-state index contributed by atoms with van der Waals surface area (Å²) in [7, 11) is 0. The van der Waals surface area contributed by atoms with E-state index in [2.05, 4.69) is 47.2 Å². The average molecular weight is 380 g/mol. The summed E-state index contributed by atoms with van der Waals surface area (Å²) < 4.78 is 2.09. The number of imidazole rings is 1. The van der Waals surface area contributed by atoms with Crippen LogP contribution < -0.4 is 0 Å². The third-order valence-electron chi connectivity index (χ3n) is 5.42. The van der Waals surface area contributed by atoms with Crippen molar-refractivity contribution in [1.29, 1.82) is 0 Å². The first kappa shape index (κ1) is 18.1. The zero-order valence-corrected chi connectivity index (χ0v) is 16.5. The first-order valence-electron chi connectivity index (χ1n) is 9.52. The van der Waals surface area contributed by atoms with E-state index in [-0.39, 0.29) is 5.91 Å². The Hall–Kier alpha value is -2.27. The number of rotatable bonds is 5. The number of likely N-dealkylation sites (tertiary alicyclic amines) is 1. The van der Waals surface area contributed by atoms with E-state index in [0.717, 1.165) is 48.5 Å². The number of carbonyl (C=O) groups excluding carboxylic acids is 1. The summed E-state index contributed by atoms with van der Waals surface area (Å²) in [5.74, 6) is 2.57. The van der Waals surface area contributed by atoms with Crippen LogP contribution in [0.3, 0.4) is 0 Å². The Bertz CT molecular complexity index is 914. The van der Waals surface area contributed by atoms with E-state index in [0.29, 0.717) is 12.5 Å². The number of carbonyl (C=O) groups is 1. The maximum atomic E-state index is 13.0. The first-order chi connectivity index (χ1) is 13.3. The highest BCUT2D eigenvalue weighted by molar-refractivity contribution is 7.97. The van der Waals surface area contributed by atoms with Crippen molar-refractivity contribution in [3.05, 3.63) is 66.0 Å². The lowest BCUT2D eigenvalue weighted by atomic mass is 9.89. The van der Waals surface area contributed by atoms with Gasteiger partial charge in [-0.1, -0.05) is 42.5 Å². The van der Waals surface area contributed by atoms with Crippen LogP contribution in [0.15, 0.2) is 54.6 Å². The molecule has 1 fully saturated rings. The Labute approximate surface area is 164 Å². The molecule has 0 bridgehead atoms. The molecule has 0 radical (unpaired) electrons. The second-order valence-electron chi connectivity index (χ2n) is 7.10. The molecule has 0 N–H and O–H groups in total. The van der Waals surface area contributed by atoms with Gasteiger partial charge >= 0.3 is 0 Å². The Morgan fingerprint density at radius 3 is 2.52 bits per heavy atom. The van der Waals surface area contributed by atoms with Gasteiger partial charge in [0.05, 0.1) is 16.8 Å². The van der Waals surface area contributed by atoms with Crippen molar-refractivity contribution in [3.63, 3.8) is 0 Å². The smallest absolute Gasteiger partial charge is 0.242 e. The molecule has 4 nitrogen and oxygen atoms in total. The van der Waals surface area contributed by atoms with Crippen LogP contribution in [0.4, 0.5) is 0 Å². The lowest BCUT2D eigenvalue weighted by molar-refractivity contribution is -0.132. The van der Waals surface area contributed by atoms with Gasteiger partial charge in [0.2, 0.25) is 5.91 Å². The Morgan fingerprint density at radius 1 is 1.07 bits per heavy atom. The van der Waals surface area contributed by atoms with E-state index in [1.165, 1.54) is 5.56 Å². The molecule has 0 spiro atoms. The van der Waals surface area contributed by atoms with Gasteiger partial charge in [0.1, 0.15) is 12.4 Å². The minimum Gasteiger partial charge on any atom is -0.341 e. The normalized spacial score (nSPS) is 15.4. The van der Waals surface area contributed by atoms with E-state index in [9.17, 15) is 4.79 Å². The number of nitrogens with zero attached hydrogens (tertiary/aromatic N) is 3. The molecule has 5 heteroatoms. The molecule has 0 unspecified atom stereocenters.